The summed E-state index contributed by atoms with van der Waals surface area (Å²) in [6.07, 6.45) is 0. The Morgan fingerprint density at radius 2 is 1.50 bits per heavy atom. The Balaban J connectivity index is 2.50. The summed E-state index contributed by atoms with van der Waals surface area (Å²) in [6, 6.07) is 9.55. The molecule has 20 heavy (non-hydrogen) atoms. The molecule has 0 aliphatic rings. The van der Waals surface area contributed by atoms with Gasteiger partial charge in [0.2, 0.25) is 0 Å². The molecule has 2 aromatic carbocycles. The number of anilines is 1. The molecule has 0 heterocycles. The molecular weight excluding hydrogens is 277 g/mol. The van der Waals surface area contributed by atoms with Crippen LogP contribution in [0.25, 0.3) is 0 Å². The molecule has 106 valence electrons. The molecule has 0 aliphatic carbocycles. The van der Waals surface area contributed by atoms with Gasteiger partial charge in [-0.3, -0.25) is 4.72 Å². The van der Waals surface area contributed by atoms with Crippen molar-refractivity contribution in [3.05, 3.63) is 58.9 Å². The molecule has 0 bridgehead atoms. The molecule has 0 saturated carbocycles. The van der Waals surface area contributed by atoms with E-state index in [1.165, 1.54) is 12.1 Å². The molecule has 1 N–H and O–H groups in total. The number of para-hydroxylation sites is 1. The third kappa shape index (κ3) is 2.82. The van der Waals surface area contributed by atoms with E-state index >= 15 is 0 Å². The maximum Gasteiger partial charge on any atom is 0.262 e. The Bertz CT molecular complexity index is 731. The average molecular weight is 293 g/mol. The first-order valence-corrected chi connectivity index (χ1v) is 7.65. The molecule has 0 unspecified atom stereocenters. The Morgan fingerprint density at radius 3 is 2.05 bits per heavy atom. The highest BCUT2D eigenvalue weighted by Crippen LogP contribution is 2.25. The quantitative estimate of drug-likeness (QED) is 0.940. The van der Waals surface area contributed by atoms with Gasteiger partial charge in [0.25, 0.3) is 10.0 Å². The van der Waals surface area contributed by atoms with E-state index in [0.29, 0.717) is 16.8 Å². The summed E-state index contributed by atoms with van der Waals surface area (Å²) in [6.45, 7) is 4.99. The zero-order valence-electron chi connectivity index (χ0n) is 11.6. The molecule has 0 aliphatic heterocycles. The second kappa shape index (κ2) is 5.25. The van der Waals surface area contributed by atoms with E-state index in [1.54, 1.807) is 26.0 Å². The van der Waals surface area contributed by atoms with Gasteiger partial charge in [0.15, 0.2) is 0 Å². The second-order valence-corrected chi connectivity index (χ2v) is 6.41. The van der Waals surface area contributed by atoms with Crippen molar-refractivity contribution in [2.45, 2.75) is 25.7 Å². The predicted octanol–water partition coefficient (Wildman–Crippen LogP) is 3.55. The summed E-state index contributed by atoms with van der Waals surface area (Å²) in [5.74, 6) is -0.435. The molecule has 2 rings (SSSR count). The molecule has 0 spiro atoms. The fraction of sp³-hybridized carbons (Fsp3) is 0.200. The third-order valence-corrected chi connectivity index (χ3v) is 4.75. The van der Waals surface area contributed by atoms with Gasteiger partial charge in [-0.05, 0) is 55.7 Å². The van der Waals surface area contributed by atoms with Crippen LogP contribution in [0, 0.1) is 26.6 Å². The van der Waals surface area contributed by atoms with E-state index in [1.807, 2.05) is 19.1 Å². The largest absolute Gasteiger partial charge is 0.279 e. The number of hydrogen-bond acceptors (Lipinski definition) is 2. The lowest BCUT2D eigenvalue weighted by molar-refractivity contribution is 0.597. The molecule has 0 saturated heterocycles. The zero-order chi connectivity index (χ0) is 14.9. The van der Waals surface area contributed by atoms with E-state index in [9.17, 15) is 12.8 Å². The molecule has 0 aromatic heterocycles. The Kier molecular flexibility index (Phi) is 3.81. The van der Waals surface area contributed by atoms with Gasteiger partial charge in [-0.25, -0.2) is 12.8 Å². The number of hydrogen-bond donors (Lipinski definition) is 1. The Morgan fingerprint density at radius 1 is 0.950 bits per heavy atom. The lowest BCUT2D eigenvalue weighted by Crippen LogP contribution is -2.16. The van der Waals surface area contributed by atoms with Crippen LogP contribution >= 0.6 is 0 Å². The molecule has 0 radical (unpaired) electrons. The summed E-state index contributed by atoms with van der Waals surface area (Å²) in [7, 11) is -3.73. The van der Waals surface area contributed by atoms with Gasteiger partial charge in [-0.1, -0.05) is 18.2 Å². The van der Waals surface area contributed by atoms with Gasteiger partial charge in [0, 0.05) is 0 Å². The van der Waals surface area contributed by atoms with Crippen LogP contribution in [-0.2, 0) is 10.0 Å². The lowest BCUT2D eigenvalue weighted by Gasteiger charge is -2.14. The summed E-state index contributed by atoms with van der Waals surface area (Å²) < 4.78 is 40.8. The van der Waals surface area contributed by atoms with Crippen molar-refractivity contribution in [1.29, 1.82) is 0 Å². The summed E-state index contributed by atoms with van der Waals surface area (Å²) >= 11 is 0. The average Bonchev–Trinajstić information content (AvgIpc) is 2.30. The van der Waals surface area contributed by atoms with Crippen molar-refractivity contribution >= 4 is 15.7 Å². The number of aryl methyl sites for hydroxylation is 3. The Hall–Kier alpha value is -1.88. The van der Waals surface area contributed by atoms with Crippen LogP contribution in [0.15, 0.2) is 41.3 Å². The van der Waals surface area contributed by atoms with Crippen molar-refractivity contribution in [1.82, 2.24) is 0 Å². The highest BCUT2D eigenvalue weighted by molar-refractivity contribution is 7.92. The van der Waals surface area contributed by atoms with Crippen molar-refractivity contribution < 1.29 is 12.8 Å². The first-order chi connectivity index (χ1) is 9.31. The van der Waals surface area contributed by atoms with Crippen LogP contribution in [0.1, 0.15) is 16.7 Å². The summed E-state index contributed by atoms with van der Waals surface area (Å²) in [4.78, 5) is 0.127. The minimum absolute atomic E-state index is 0.127. The van der Waals surface area contributed by atoms with Gasteiger partial charge < -0.3 is 0 Å². The Labute approximate surface area is 118 Å². The lowest BCUT2D eigenvalue weighted by atomic mass is 10.1. The molecular formula is C15H16FNO2S. The minimum atomic E-state index is -3.73. The summed E-state index contributed by atoms with van der Waals surface area (Å²) in [5.41, 5.74) is 2.14. The smallest absolute Gasteiger partial charge is 0.262 e. The maximum absolute atomic E-state index is 13.3. The van der Waals surface area contributed by atoms with Crippen LogP contribution in [-0.4, -0.2) is 8.42 Å². The number of benzene rings is 2. The van der Waals surface area contributed by atoms with Gasteiger partial charge >= 0.3 is 0 Å². The van der Waals surface area contributed by atoms with Crippen LogP contribution in [0.4, 0.5) is 10.1 Å². The molecule has 0 atom stereocenters. The molecule has 0 fully saturated rings. The van der Waals surface area contributed by atoms with Crippen molar-refractivity contribution in [3.63, 3.8) is 0 Å². The summed E-state index contributed by atoms with van der Waals surface area (Å²) in [5, 5.41) is 0. The van der Waals surface area contributed by atoms with E-state index in [2.05, 4.69) is 4.72 Å². The topological polar surface area (TPSA) is 46.2 Å². The monoisotopic (exact) mass is 293 g/mol. The SMILES string of the molecule is Cc1ccccc1NS(=O)(=O)c1c(C)cc(F)cc1C. The van der Waals surface area contributed by atoms with Crippen molar-refractivity contribution in [2.75, 3.05) is 4.72 Å². The fourth-order valence-electron chi connectivity index (χ4n) is 2.20. The first-order valence-electron chi connectivity index (χ1n) is 6.16. The van der Waals surface area contributed by atoms with Crippen LogP contribution in [0.5, 0.6) is 0 Å². The van der Waals surface area contributed by atoms with Crippen molar-refractivity contribution in [3.8, 4) is 0 Å². The highest BCUT2D eigenvalue weighted by Gasteiger charge is 2.21. The standard InChI is InChI=1S/C15H16FNO2S/c1-10-6-4-5-7-14(10)17-20(18,19)15-11(2)8-13(16)9-12(15)3/h4-9,17H,1-3H3. The zero-order valence-corrected chi connectivity index (χ0v) is 12.4. The van der Waals surface area contributed by atoms with Crippen LogP contribution in [0.2, 0.25) is 0 Å². The second-order valence-electron chi connectivity index (χ2n) is 4.79. The maximum atomic E-state index is 13.3. The van der Waals surface area contributed by atoms with Crippen molar-refractivity contribution in [2.24, 2.45) is 0 Å². The van der Waals surface area contributed by atoms with E-state index in [4.69, 9.17) is 0 Å². The van der Waals surface area contributed by atoms with E-state index in [-0.39, 0.29) is 4.90 Å². The molecule has 5 heteroatoms. The third-order valence-electron chi connectivity index (χ3n) is 3.08. The number of halogens is 1. The van der Waals surface area contributed by atoms with Gasteiger partial charge in [0.05, 0.1) is 10.6 Å². The number of sulfonamides is 1. The van der Waals surface area contributed by atoms with Gasteiger partial charge in [-0.15, -0.1) is 0 Å². The van der Waals surface area contributed by atoms with E-state index < -0.39 is 15.8 Å². The first kappa shape index (κ1) is 14.5. The van der Waals surface area contributed by atoms with Crippen LogP contribution < -0.4 is 4.72 Å². The van der Waals surface area contributed by atoms with E-state index in [0.717, 1.165) is 5.56 Å². The van der Waals surface area contributed by atoms with Gasteiger partial charge in [-0.2, -0.15) is 0 Å². The van der Waals surface area contributed by atoms with Crippen LogP contribution in [0.3, 0.4) is 0 Å². The number of rotatable bonds is 3. The highest BCUT2D eigenvalue weighted by atomic mass is 32.2. The fourth-order valence-corrected chi connectivity index (χ4v) is 3.79. The molecule has 2 aromatic rings. The van der Waals surface area contributed by atoms with Gasteiger partial charge in [0.1, 0.15) is 5.82 Å². The molecule has 3 nitrogen and oxygen atoms in total. The normalized spacial score (nSPS) is 11.4. The molecule has 0 amide bonds. The predicted molar refractivity (Wildman–Crippen MR) is 77.9 cm³/mol. The number of nitrogens with one attached hydrogen (secondary N) is 1. The minimum Gasteiger partial charge on any atom is -0.279 e.